The van der Waals surface area contributed by atoms with Crippen LogP contribution >= 0.6 is 11.8 Å². The number of non-ortho nitro benzene ring substituents is 1. The fraction of sp³-hybridized carbons (Fsp3) is 0.143. The predicted octanol–water partition coefficient (Wildman–Crippen LogP) is 3.45. The lowest BCUT2D eigenvalue weighted by Gasteiger charge is -2.11. The van der Waals surface area contributed by atoms with Gasteiger partial charge in [0.25, 0.3) is 16.8 Å². The number of nitrogens with zero attached hydrogens (tertiary/aromatic N) is 2. The van der Waals surface area contributed by atoms with E-state index in [1.165, 1.54) is 56.5 Å². The van der Waals surface area contributed by atoms with Gasteiger partial charge < -0.3 is 9.47 Å². The number of hydrogen-bond donors (Lipinski definition) is 0. The maximum Gasteiger partial charge on any atom is 0.308 e. The molecule has 3 rings (SSSR count). The monoisotopic (exact) mass is 456 g/mol. The lowest BCUT2D eigenvalue weighted by atomic mass is 10.1. The van der Waals surface area contributed by atoms with Crippen LogP contribution in [0.25, 0.3) is 6.08 Å². The molecule has 10 nitrogen and oxygen atoms in total. The van der Waals surface area contributed by atoms with Crippen molar-refractivity contribution in [1.82, 2.24) is 4.90 Å². The number of imide groups is 1. The molecule has 0 N–H and O–H groups in total. The summed E-state index contributed by atoms with van der Waals surface area (Å²) in [6.07, 6.45) is 1.46. The molecular formula is C21H16N2O8S. The van der Waals surface area contributed by atoms with E-state index in [0.29, 0.717) is 17.3 Å². The maximum absolute atomic E-state index is 12.7. The van der Waals surface area contributed by atoms with Crippen LogP contribution in [0, 0.1) is 10.1 Å². The van der Waals surface area contributed by atoms with Gasteiger partial charge in [-0.2, -0.15) is 0 Å². The molecule has 1 heterocycles. The molecule has 0 unspecified atom stereocenters. The molecule has 2 aromatic carbocycles. The van der Waals surface area contributed by atoms with E-state index < -0.39 is 34.4 Å². The summed E-state index contributed by atoms with van der Waals surface area (Å²) in [5.74, 6) is -1.22. The fourth-order valence-corrected chi connectivity index (χ4v) is 3.64. The van der Waals surface area contributed by atoms with Crippen molar-refractivity contribution >= 4 is 46.4 Å². The van der Waals surface area contributed by atoms with Gasteiger partial charge in [0.1, 0.15) is 0 Å². The number of carbonyl (C=O) groups is 4. The molecule has 2 amide bonds. The molecule has 164 valence electrons. The molecule has 2 aromatic rings. The Bertz CT molecular complexity index is 1160. The maximum atomic E-state index is 12.7. The Hall–Kier alpha value is -3.99. The van der Waals surface area contributed by atoms with Crippen LogP contribution < -0.4 is 9.47 Å². The van der Waals surface area contributed by atoms with E-state index in [-0.39, 0.29) is 27.7 Å². The number of ketones is 1. The standard InChI is InChI=1S/C21H16N2O8S/c1-12(24)31-17-8-3-13(9-18(17)30-2)10-19-20(26)22(21(27)32-19)11-16(25)14-4-6-15(7-5-14)23(28)29/h3-10H,11H2,1-2H3/b19-10-. The number of rotatable bonds is 7. The van der Waals surface area contributed by atoms with Gasteiger partial charge in [-0.25, -0.2) is 0 Å². The van der Waals surface area contributed by atoms with Gasteiger partial charge in [0.2, 0.25) is 0 Å². The highest BCUT2D eigenvalue weighted by Gasteiger charge is 2.36. The third-order valence-corrected chi connectivity index (χ3v) is 5.22. The average Bonchev–Trinajstić information content (AvgIpc) is 3.01. The van der Waals surface area contributed by atoms with Crippen molar-refractivity contribution in [3.05, 3.63) is 68.6 Å². The molecule has 0 radical (unpaired) electrons. The van der Waals surface area contributed by atoms with Gasteiger partial charge >= 0.3 is 5.97 Å². The van der Waals surface area contributed by atoms with Crippen LogP contribution in [-0.4, -0.2) is 46.4 Å². The lowest BCUT2D eigenvalue weighted by molar-refractivity contribution is -0.384. The quantitative estimate of drug-likeness (QED) is 0.153. The number of hydrogen-bond acceptors (Lipinski definition) is 9. The molecule has 0 bridgehead atoms. The van der Waals surface area contributed by atoms with Crippen LogP contribution in [0.5, 0.6) is 11.5 Å². The highest BCUT2D eigenvalue weighted by atomic mass is 32.2. The zero-order valence-corrected chi connectivity index (χ0v) is 17.7. The Morgan fingerprint density at radius 1 is 1.12 bits per heavy atom. The van der Waals surface area contributed by atoms with Crippen molar-refractivity contribution in [3.8, 4) is 11.5 Å². The van der Waals surface area contributed by atoms with Crippen LogP contribution in [-0.2, 0) is 9.59 Å². The molecule has 0 spiro atoms. The number of thioether (sulfide) groups is 1. The molecule has 0 atom stereocenters. The van der Waals surface area contributed by atoms with E-state index in [4.69, 9.17) is 9.47 Å². The third-order valence-electron chi connectivity index (χ3n) is 4.31. The molecule has 0 aromatic heterocycles. The molecule has 32 heavy (non-hydrogen) atoms. The number of ether oxygens (including phenoxy) is 2. The van der Waals surface area contributed by atoms with Crippen LogP contribution in [0.1, 0.15) is 22.8 Å². The second kappa shape index (κ2) is 9.43. The Morgan fingerprint density at radius 2 is 1.81 bits per heavy atom. The number of carbonyl (C=O) groups excluding carboxylic acids is 4. The molecule has 0 saturated carbocycles. The van der Waals surface area contributed by atoms with Gasteiger partial charge in [0, 0.05) is 24.6 Å². The summed E-state index contributed by atoms with van der Waals surface area (Å²) >= 11 is 0.679. The molecule has 1 aliphatic heterocycles. The van der Waals surface area contributed by atoms with Crippen molar-refractivity contribution in [3.63, 3.8) is 0 Å². The van der Waals surface area contributed by atoms with Crippen LogP contribution in [0.2, 0.25) is 0 Å². The SMILES string of the molecule is COc1cc(/C=C2\SC(=O)N(CC(=O)c3ccc([N+](=O)[O-])cc3)C2=O)ccc1OC(C)=O. The zero-order chi connectivity index (χ0) is 23.4. The van der Waals surface area contributed by atoms with Crippen molar-refractivity contribution in [2.75, 3.05) is 13.7 Å². The fourth-order valence-electron chi connectivity index (χ4n) is 2.80. The van der Waals surface area contributed by atoms with Gasteiger partial charge in [0.15, 0.2) is 17.3 Å². The normalized spacial score (nSPS) is 14.6. The zero-order valence-electron chi connectivity index (χ0n) is 16.9. The van der Waals surface area contributed by atoms with Crippen molar-refractivity contribution in [1.29, 1.82) is 0 Å². The Kier molecular flexibility index (Phi) is 6.69. The van der Waals surface area contributed by atoms with E-state index in [1.807, 2.05) is 0 Å². The van der Waals surface area contributed by atoms with E-state index >= 15 is 0 Å². The lowest BCUT2D eigenvalue weighted by Crippen LogP contribution is -2.33. The summed E-state index contributed by atoms with van der Waals surface area (Å²) in [7, 11) is 1.39. The second-order valence-electron chi connectivity index (χ2n) is 6.50. The number of esters is 1. The predicted molar refractivity (Wildman–Crippen MR) is 114 cm³/mol. The van der Waals surface area contributed by atoms with Crippen LogP contribution in [0.3, 0.4) is 0 Å². The number of nitro groups is 1. The minimum Gasteiger partial charge on any atom is -0.493 e. The molecule has 1 saturated heterocycles. The van der Waals surface area contributed by atoms with E-state index in [0.717, 1.165) is 4.90 Å². The van der Waals surface area contributed by atoms with Gasteiger partial charge in [-0.05, 0) is 47.7 Å². The molecule has 11 heteroatoms. The Labute approximate surface area is 185 Å². The summed E-state index contributed by atoms with van der Waals surface area (Å²) < 4.78 is 10.2. The summed E-state index contributed by atoms with van der Waals surface area (Å²) in [6, 6.07) is 9.50. The Balaban J connectivity index is 1.76. The Morgan fingerprint density at radius 3 is 2.41 bits per heavy atom. The van der Waals surface area contributed by atoms with E-state index in [9.17, 15) is 29.3 Å². The number of benzene rings is 2. The molecule has 1 fully saturated rings. The van der Waals surface area contributed by atoms with E-state index in [2.05, 4.69) is 0 Å². The minimum absolute atomic E-state index is 0.105. The summed E-state index contributed by atoms with van der Waals surface area (Å²) in [5.41, 5.74) is 0.486. The highest BCUT2D eigenvalue weighted by Crippen LogP contribution is 2.34. The van der Waals surface area contributed by atoms with Crippen LogP contribution in [0.15, 0.2) is 47.4 Å². The number of nitro benzene ring substituents is 1. The topological polar surface area (TPSA) is 133 Å². The van der Waals surface area contributed by atoms with Gasteiger partial charge in [0.05, 0.1) is 23.5 Å². The third kappa shape index (κ3) is 5.01. The van der Waals surface area contributed by atoms with Gasteiger partial charge in [-0.1, -0.05) is 6.07 Å². The first-order chi connectivity index (χ1) is 15.2. The number of methoxy groups -OCH3 is 1. The molecule has 0 aliphatic carbocycles. The average molecular weight is 456 g/mol. The summed E-state index contributed by atoms with van der Waals surface area (Å²) in [4.78, 5) is 59.6. The van der Waals surface area contributed by atoms with Crippen molar-refractivity contribution in [2.45, 2.75) is 6.92 Å². The van der Waals surface area contributed by atoms with Crippen molar-refractivity contribution < 1.29 is 33.6 Å². The first-order valence-corrected chi connectivity index (χ1v) is 9.90. The molecular weight excluding hydrogens is 440 g/mol. The minimum atomic E-state index is -0.640. The van der Waals surface area contributed by atoms with Crippen molar-refractivity contribution in [2.24, 2.45) is 0 Å². The molecule has 1 aliphatic rings. The number of Topliss-reactive ketones (excluding diaryl/α,β-unsaturated/α-hetero) is 1. The highest BCUT2D eigenvalue weighted by molar-refractivity contribution is 8.18. The van der Waals surface area contributed by atoms with Crippen LogP contribution in [0.4, 0.5) is 10.5 Å². The summed E-state index contributed by atoms with van der Waals surface area (Å²) in [5, 5.41) is 10.1. The second-order valence-corrected chi connectivity index (χ2v) is 7.49. The van der Waals surface area contributed by atoms with E-state index in [1.54, 1.807) is 6.07 Å². The van der Waals surface area contributed by atoms with Gasteiger partial charge in [-0.15, -0.1) is 0 Å². The summed E-state index contributed by atoms with van der Waals surface area (Å²) in [6.45, 7) is 0.760. The smallest absolute Gasteiger partial charge is 0.308 e. The van der Waals surface area contributed by atoms with Gasteiger partial charge in [-0.3, -0.25) is 34.2 Å². The first kappa shape index (κ1) is 22.7. The largest absolute Gasteiger partial charge is 0.493 e. The first-order valence-electron chi connectivity index (χ1n) is 9.09. The number of amides is 2.